The van der Waals surface area contributed by atoms with Gasteiger partial charge < -0.3 is 5.32 Å². The molecule has 0 saturated carbocycles. The highest BCUT2D eigenvalue weighted by molar-refractivity contribution is 7.11. The maximum Gasteiger partial charge on any atom is 0.0115 e. The Labute approximate surface area is 117 Å². The first-order valence-corrected chi connectivity index (χ1v) is 8.42. The standard InChI is InChI=1S/C16H29NS/c1-4-7-8-9-14(17-12-5-2)13-16-11-10-15(6-3)18-16/h10-11,14,17H,4-9,12-13H2,1-3H3. The van der Waals surface area contributed by atoms with Crippen LogP contribution in [0.4, 0.5) is 0 Å². The molecule has 1 nitrogen and oxygen atoms in total. The van der Waals surface area contributed by atoms with E-state index in [1.807, 2.05) is 11.3 Å². The fraction of sp³-hybridized carbons (Fsp3) is 0.750. The number of hydrogen-bond donors (Lipinski definition) is 1. The molecule has 1 unspecified atom stereocenters. The van der Waals surface area contributed by atoms with Crippen LogP contribution < -0.4 is 5.32 Å². The molecule has 0 amide bonds. The lowest BCUT2D eigenvalue weighted by Gasteiger charge is -2.17. The van der Waals surface area contributed by atoms with E-state index in [4.69, 9.17) is 0 Å². The molecule has 1 aromatic rings. The molecule has 0 bridgehead atoms. The molecule has 0 aliphatic rings. The molecule has 104 valence electrons. The fourth-order valence-electron chi connectivity index (χ4n) is 2.23. The van der Waals surface area contributed by atoms with Gasteiger partial charge in [0.25, 0.3) is 0 Å². The van der Waals surface area contributed by atoms with Crippen LogP contribution in [0, 0.1) is 0 Å². The molecule has 18 heavy (non-hydrogen) atoms. The van der Waals surface area contributed by atoms with Gasteiger partial charge in [-0.15, -0.1) is 11.3 Å². The third-order valence-electron chi connectivity index (χ3n) is 3.35. The molecular weight excluding hydrogens is 238 g/mol. The molecule has 0 radical (unpaired) electrons. The minimum atomic E-state index is 0.680. The van der Waals surface area contributed by atoms with E-state index in [2.05, 4.69) is 38.2 Å². The maximum absolute atomic E-state index is 3.71. The highest BCUT2D eigenvalue weighted by atomic mass is 32.1. The number of thiophene rings is 1. The minimum Gasteiger partial charge on any atom is -0.314 e. The van der Waals surface area contributed by atoms with Crippen molar-refractivity contribution in [1.82, 2.24) is 5.32 Å². The van der Waals surface area contributed by atoms with Crippen LogP contribution in [0.25, 0.3) is 0 Å². The monoisotopic (exact) mass is 267 g/mol. The van der Waals surface area contributed by atoms with Gasteiger partial charge in [-0.1, -0.05) is 40.0 Å². The van der Waals surface area contributed by atoms with Crippen molar-refractivity contribution in [2.24, 2.45) is 0 Å². The molecule has 1 rings (SSSR count). The molecule has 1 heterocycles. The molecule has 0 spiro atoms. The van der Waals surface area contributed by atoms with Crippen LogP contribution in [-0.2, 0) is 12.8 Å². The van der Waals surface area contributed by atoms with Crippen LogP contribution in [0.3, 0.4) is 0 Å². The van der Waals surface area contributed by atoms with Crippen LogP contribution in [0.5, 0.6) is 0 Å². The summed E-state index contributed by atoms with van der Waals surface area (Å²) in [7, 11) is 0. The van der Waals surface area contributed by atoms with Gasteiger partial charge in [0.15, 0.2) is 0 Å². The van der Waals surface area contributed by atoms with Crippen LogP contribution in [0.15, 0.2) is 12.1 Å². The molecule has 1 N–H and O–H groups in total. The van der Waals surface area contributed by atoms with E-state index < -0.39 is 0 Å². The van der Waals surface area contributed by atoms with Gasteiger partial charge in [-0.25, -0.2) is 0 Å². The summed E-state index contributed by atoms with van der Waals surface area (Å²) in [4.78, 5) is 3.07. The van der Waals surface area contributed by atoms with E-state index >= 15 is 0 Å². The Balaban J connectivity index is 2.42. The van der Waals surface area contributed by atoms with Crippen LogP contribution in [-0.4, -0.2) is 12.6 Å². The topological polar surface area (TPSA) is 12.0 Å². The quantitative estimate of drug-likeness (QED) is 0.600. The van der Waals surface area contributed by atoms with Crippen LogP contribution in [0.2, 0.25) is 0 Å². The largest absolute Gasteiger partial charge is 0.314 e. The summed E-state index contributed by atoms with van der Waals surface area (Å²) in [6.07, 6.45) is 9.00. The lowest BCUT2D eigenvalue weighted by molar-refractivity contribution is 0.458. The predicted molar refractivity (Wildman–Crippen MR) is 83.6 cm³/mol. The van der Waals surface area contributed by atoms with Gasteiger partial charge in [0.2, 0.25) is 0 Å². The average molecular weight is 267 g/mol. The smallest absolute Gasteiger partial charge is 0.0115 e. The summed E-state index contributed by atoms with van der Waals surface area (Å²) in [5.74, 6) is 0. The first-order chi connectivity index (χ1) is 8.80. The van der Waals surface area contributed by atoms with E-state index in [-0.39, 0.29) is 0 Å². The van der Waals surface area contributed by atoms with Crippen molar-refractivity contribution < 1.29 is 0 Å². The Morgan fingerprint density at radius 3 is 2.44 bits per heavy atom. The molecule has 0 aliphatic carbocycles. The van der Waals surface area contributed by atoms with Gasteiger partial charge in [0.05, 0.1) is 0 Å². The minimum absolute atomic E-state index is 0.680. The molecule has 2 heteroatoms. The van der Waals surface area contributed by atoms with E-state index in [9.17, 15) is 0 Å². The second-order valence-corrected chi connectivity index (χ2v) is 6.33. The van der Waals surface area contributed by atoms with E-state index in [0.717, 1.165) is 6.54 Å². The summed E-state index contributed by atoms with van der Waals surface area (Å²) in [6, 6.07) is 5.30. The fourth-order valence-corrected chi connectivity index (χ4v) is 3.27. The lowest BCUT2D eigenvalue weighted by Crippen LogP contribution is -2.31. The normalized spacial score (nSPS) is 12.8. The first-order valence-electron chi connectivity index (χ1n) is 7.61. The number of rotatable bonds is 10. The van der Waals surface area contributed by atoms with E-state index in [0.29, 0.717) is 6.04 Å². The first kappa shape index (κ1) is 15.7. The van der Waals surface area contributed by atoms with Crippen molar-refractivity contribution in [3.8, 4) is 0 Å². The summed E-state index contributed by atoms with van der Waals surface area (Å²) < 4.78 is 0. The van der Waals surface area contributed by atoms with Gasteiger partial charge in [-0.3, -0.25) is 0 Å². The maximum atomic E-state index is 3.71. The van der Waals surface area contributed by atoms with Gasteiger partial charge in [-0.2, -0.15) is 0 Å². The Kier molecular flexibility index (Phi) is 8.36. The number of aryl methyl sites for hydroxylation is 1. The van der Waals surface area contributed by atoms with Crippen molar-refractivity contribution >= 4 is 11.3 Å². The Hall–Kier alpha value is -0.340. The number of hydrogen-bond acceptors (Lipinski definition) is 2. The Morgan fingerprint density at radius 1 is 1.06 bits per heavy atom. The third-order valence-corrected chi connectivity index (χ3v) is 4.60. The molecule has 0 fully saturated rings. The third kappa shape index (κ3) is 6.01. The summed E-state index contributed by atoms with van der Waals surface area (Å²) in [6.45, 7) is 7.92. The molecule has 0 saturated heterocycles. The zero-order valence-corrected chi connectivity index (χ0v) is 13.1. The number of nitrogens with one attached hydrogen (secondary N) is 1. The van der Waals surface area contributed by atoms with Gasteiger partial charge in [-0.05, 0) is 44.4 Å². The lowest BCUT2D eigenvalue weighted by atomic mass is 10.0. The highest BCUT2D eigenvalue weighted by Gasteiger charge is 2.10. The van der Waals surface area contributed by atoms with Crippen molar-refractivity contribution in [2.45, 2.75) is 71.8 Å². The Morgan fingerprint density at radius 2 is 1.83 bits per heavy atom. The van der Waals surface area contributed by atoms with Gasteiger partial charge in [0, 0.05) is 15.8 Å². The van der Waals surface area contributed by atoms with Crippen molar-refractivity contribution in [1.29, 1.82) is 0 Å². The number of unbranched alkanes of at least 4 members (excludes halogenated alkanes) is 2. The van der Waals surface area contributed by atoms with Crippen LogP contribution >= 0.6 is 11.3 Å². The van der Waals surface area contributed by atoms with Gasteiger partial charge >= 0.3 is 0 Å². The molecule has 0 aliphatic heterocycles. The van der Waals surface area contributed by atoms with Crippen LogP contribution in [0.1, 0.15) is 62.6 Å². The SMILES string of the molecule is CCCCCC(Cc1ccc(CC)s1)NCCC. The Bertz CT molecular complexity index is 306. The average Bonchev–Trinajstić information content (AvgIpc) is 2.83. The molecular formula is C16H29NS. The van der Waals surface area contributed by atoms with E-state index in [1.165, 1.54) is 49.8 Å². The zero-order chi connectivity index (χ0) is 13.2. The summed E-state index contributed by atoms with van der Waals surface area (Å²) in [5.41, 5.74) is 0. The van der Waals surface area contributed by atoms with Crippen molar-refractivity contribution in [3.05, 3.63) is 21.9 Å². The van der Waals surface area contributed by atoms with E-state index in [1.54, 1.807) is 4.88 Å². The van der Waals surface area contributed by atoms with Crippen molar-refractivity contribution in [2.75, 3.05) is 6.54 Å². The second-order valence-electron chi connectivity index (χ2n) is 5.07. The highest BCUT2D eigenvalue weighted by Crippen LogP contribution is 2.20. The molecule has 1 aromatic heterocycles. The van der Waals surface area contributed by atoms with Crippen molar-refractivity contribution in [3.63, 3.8) is 0 Å². The van der Waals surface area contributed by atoms with Gasteiger partial charge in [0.1, 0.15) is 0 Å². The second kappa shape index (κ2) is 9.57. The molecule has 1 atom stereocenters. The summed E-state index contributed by atoms with van der Waals surface area (Å²) in [5, 5.41) is 3.71. The predicted octanol–water partition coefficient (Wildman–Crippen LogP) is 4.80. The summed E-state index contributed by atoms with van der Waals surface area (Å²) >= 11 is 1.99. The molecule has 0 aromatic carbocycles. The zero-order valence-electron chi connectivity index (χ0n) is 12.3.